The molecule has 0 rings (SSSR count). The first-order valence-electron chi connectivity index (χ1n) is 10.4. The van der Waals surface area contributed by atoms with Crippen LogP contribution in [0.15, 0.2) is 0 Å². The summed E-state index contributed by atoms with van der Waals surface area (Å²) < 4.78 is 163. The topological polar surface area (TPSA) is 0 Å². The normalized spacial score (nSPS) is 15.0. The van der Waals surface area contributed by atoms with Crippen LogP contribution in [0.3, 0.4) is 0 Å². The van der Waals surface area contributed by atoms with Gasteiger partial charge < -0.3 is 0 Å². The van der Waals surface area contributed by atoms with Gasteiger partial charge in [0, 0.05) is 7.26 Å². The van der Waals surface area contributed by atoms with E-state index in [-0.39, 0.29) is 18.5 Å². The summed E-state index contributed by atoms with van der Waals surface area (Å²) in [6, 6.07) is 0. The molecule has 0 saturated carbocycles. The Hall–Kier alpha value is -0.410. The van der Waals surface area contributed by atoms with Gasteiger partial charge in [0.2, 0.25) is 0 Å². The maximum Gasteiger partial charge on any atom is 0.384 e. The Morgan fingerprint density at radius 2 is 0.906 bits per heavy atom. The maximum absolute atomic E-state index is 14.6. The van der Waals surface area contributed by atoms with Crippen molar-refractivity contribution in [2.45, 2.75) is 95.3 Å². The van der Waals surface area contributed by atoms with Crippen LogP contribution in [-0.2, 0) is 0 Å². The molecule has 0 aliphatic carbocycles. The van der Waals surface area contributed by atoms with Gasteiger partial charge in [-0.25, -0.2) is 8.78 Å². The molecule has 13 heteroatoms. The van der Waals surface area contributed by atoms with Crippen molar-refractivity contribution in [1.82, 2.24) is 0 Å². The molecule has 0 aromatic carbocycles. The van der Waals surface area contributed by atoms with E-state index < -0.39 is 49.5 Å². The molecule has 0 amide bonds. The van der Waals surface area contributed by atoms with Gasteiger partial charge in [0.1, 0.15) is 6.16 Å². The molecule has 0 aliphatic heterocycles. The Balaban J connectivity index is 6.36. The second kappa shape index (κ2) is 11.3. The Kier molecular flexibility index (Phi) is 11.2. The number of hydrogen-bond acceptors (Lipinski definition) is 0. The lowest BCUT2D eigenvalue weighted by Crippen LogP contribution is -2.69. The smallest absolute Gasteiger partial charge is 0.203 e. The van der Waals surface area contributed by atoms with Crippen molar-refractivity contribution in [3.63, 3.8) is 0 Å². The summed E-state index contributed by atoms with van der Waals surface area (Å²) in [4.78, 5) is 0. The van der Waals surface area contributed by atoms with Crippen LogP contribution in [0.25, 0.3) is 0 Å². The maximum atomic E-state index is 14.6. The molecule has 0 fully saturated rings. The lowest BCUT2D eigenvalue weighted by atomic mass is 9.95. The monoisotopic (exact) mass is 517 g/mol. The molecule has 0 aromatic heterocycles. The number of unbranched alkanes of at least 4 members (excludes halogenated alkanes) is 3. The van der Waals surface area contributed by atoms with Crippen molar-refractivity contribution in [1.29, 1.82) is 0 Å². The van der Waals surface area contributed by atoms with Crippen LogP contribution in [0, 0.1) is 0 Å². The van der Waals surface area contributed by atoms with Crippen LogP contribution in [0.5, 0.6) is 0 Å². The van der Waals surface area contributed by atoms with Gasteiger partial charge in [0.15, 0.2) is 0 Å². The minimum absolute atomic E-state index is 0.0182. The number of halogens is 12. The zero-order chi connectivity index (χ0) is 25.6. The third-order valence-electron chi connectivity index (χ3n) is 5.43. The van der Waals surface area contributed by atoms with Crippen molar-refractivity contribution < 1.29 is 52.7 Å². The summed E-state index contributed by atoms with van der Waals surface area (Å²) in [5, 5.41) is 0. The first kappa shape index (κ1) is 31.6. The van der Waals surface area contributed by atoms with E-state index in [4.69, 9.17) is 0 Å². The molecule has 0 atom stereocenters. The number of hydrogen-bond donors (Lipinski definition) is 0. The van der Waals surface area contributed by atoms with Crippen molar-refractivity contribution >= 4 is 7.26 Å². The fourth-order valence-corrected chi connectivity index (χ4v) is 8.49. The van der Waals surface area contributed by atoms with Gasteiger partial charge in [0.25, 0.3) is 0 Å². The van der Waals surface area contributed by atoms with E-state index in [1.54, 1.807) is 20.8 Å². The van der Waals surface area contributed by atoms with Crippen molar-refractivity contribution in [3.05, 3.63) is 0 Å². The average Bonchev–Trinajstić information content (AvgIpc) is 2.67. The second-order valence-corrected chi connectivity index (χ2v) is 12.4. The summed E-state index contributed by atoms with van der Waals surface area (Å²) in [6.45, 7) is 5.05. The summed E-state index contributed by atoms with van der Waals surface area (Å²) in [6.07, 6.45) is -4.95. The van der Waals surface area contributed by atoms with Crippen LogP contribution >= 0.6 is 7.26 Å². The molecule has 194 valence electrons. The Morgan fingerprint density at radius 3 is 1.19 bits per heavy atom. The molecule has 0 radical (unpaired) electrons. The van der Waals surface area contributed by atoms with Crippen LogP contribution in [-0.4, -0.2) is 60.7 Å². The molecule has 0 saturated heterocycles. The molecule has 32 heavy (non-hydrogen) atoms. The van der Waals surface area contributed by atoms with Gasteiger partial charge in [-0.1, -0.05) is 40.0 Å². The molecule has 0 aliphatic rings. The largest absolute Gasteiger partial charge is 0.384 e. The molecule has 0 N–H and O–H groups in total. The fourth-order valence-electron chi connectivity index (χ4n) is 3.35. The molecule has 0 heterocycles. The number of alkyl halides is 12. The van der Waals surface area contributed by atoms with Gasteiger partial charge in [-0.15, -0.1) is 0 Å². The minimum atomic E-state index is -7.43. The first-order valence-corrected chi connectivity index (χ1v) is 12.9. The highest BCUT2D eigenvalue weighted by Gasteiger charge is 2.88. The molecule has 0 spiro atoms. The lowest BCUT2D eigenvalue weighted by Gasteiger charge is -2.40. The van der Waals surface area contributed by atoms with Crippen LogP contribution < -0.4 is 0 Å². The van der Waals surface area contributed by atoms with Crippen molar-refractivity contribution in [2.75, 3.05) is 24.6 Å². The summed E-state index contributed by atoms with van der Waals surface area (Å²) in [7, 11) is -3.09. The van der Waals surface area contributed by atoms with Crippen LogP contribution in [0.1, 0.15) is 59.3 Å². The predicted octanol–water partition coefficient (Wildman–Crippen LogP) is 8.85. The van der Waals surface area contributed by atoms with E-state index in [0.29, 0.717) is 38.5 Å². The van der Waals surface area contributed by atoms with Gasteiger partial charge in [-0.05, 0) is 19.3 Å². The first-order chi connectivity index (χ1) is 14.3. The van der Waals surface area contributed by atoms with Gasteiger partial charge in [-0.2, -0.15) is 43.9 Å². The Bertz CT molecular complexity index is 541. The molecule has 0 unspecified atom stereocenters. The molecule has 0 aromatic rings. The van der Waals surface area contributed by atoms with Crippen LogP contribution in [0.2, 0.25) is 0 Å². The fraction of sp³-hybridized carbons (Fsp3) is 1.00. The van der Waals surface area contributed by atoms with Crippen LogP contribution in [0.4, 0.5) is 52.7 Å². The van der Waals surface area contributed by atoms with E-state index in [1.165, 1.54) is 0 Å². The van der Waals surface area contributed by atoms with E-state index in [1.807, 2.05) is 0 Å². The minimum Gasteiger partial charge on any atom is -0.203 e. The predicted molar refractivity (Wildman–Crippen MR) is 102 cm³/mol. The van der Waals surface area contributed by atoms with Gasteiger partial charge >= 0.3 is 36.0 Å². The average molecular weight is 517 g/mol. The Labute approximate surface area is 180 Å². The standard InChI is InChI=1S/C19H30F12P/c1-4-7-10-32(11-8-5-2,12-9-6-3)13-15(22,23)17(26,27)19(30,31)18(28,29)16(24,25)14(20)21/h14H,4-13H2,1-3H3/q+1. The molecular weight excluding hydrogens is 487 g/mol. The Morgan fingerprint density at radius 1 is 0.562 bits per heavy atom. The van der Waals surface area contributed by atoms with Gasteiger partial charge in [-0.3, -0.25) is 0 Å². The molecular formula is C19H30F12P+. The van der Waals surface area contributed by atoms with E-state index >= 15 is 0 Å². The second-order valence-electron chi connectivity index (χ2n) is 8.08. The third-order valence-corrected chi connectivity index (χ3v) is 10.3. The highest BCUT2D eigenvalue weighted by Crippen LogP contribution is 2.67. The van der Waals surface area contributed by atoms with Gasteiger partial charge in [0.05, 0.1) is 18.5 Å². The zero-order valence-electron chi connectivity index (χ0n) is 18.1. The van der Waals surface area contributed by atoms with Crippen molar-refractivity contribution in [3.8, 4) is 0 Å². The summed E-state index contributed by atoms with van der Waals surface area (Å²) >= 11 is 0. The highest BCUT2D eigenvalue weighted by molar-refractivity contribution is 7.76. The van der Waals surface area contributed by atoms with E-state index in [2.05, 4.69) is 0 Å². The van der Waals surface area contributed by atoms with E-state index in [9.17, 15) is 52.7 Å². The molecule has 0 bridgehead atoms. The number of rotatable bonds is 16. The zero-order valence-corrected chi connectivity index (χ0v) is 19.0. The third kappa shape index (κ3) is 6.17. The molecule has 0 nitrogen and oxygen atoms in total. The summed E-state index contributed by atoms with van der Waals surface area (Å²) in [5.74, 6) is -34.6. The quantitative estimate of drug-likeness (QED) is 0.142. The lowest BCUT2D eigenvalue weighted by molar-refractivity contribution is -0.410. The van der Waals surface area contributed by atoms with E-state index in [0.717, 1.165) is 0 Å². The summed E-state index contributed by atoms with van der Waals surface area (Å²) in [5.41, 5.74) is 0. The van der Waals surface area contributed by atoms with Crippen molar-refractivity contribution in [2.24, 2.45) is 0 Å². The SMILES string of the molecule is CCCC[P+](CCCC)(CCCC)CC(F)(F)C(F)(F)C(F)(F)C(F)(F)C(F)(F)C(F)F. The highest BCUT2D eigenvalue weighted by atomic mass is 31.2.